The number of carbonyl (C=O) groups is 1. The van der Waals surface area contributed by atoms with Gasteiger partial charge in [0, 0.05) is 12.0 Å². The first kappa shape index (κ1) is 18.1. The molecule has 1 aromatic heterocycles. The van der Waals surface area contributed by atoms with Crippen LogP contribution in [0.2, 0.25) is 0 Å². The molecule has 0 saturated heterocycles. The van der Waals surface area contributed by atoms with Gasteiger partial charge in [-0.05, 0) is 31.0 Å². The lowest BCUT2D eigenvalue weighted by molar-refractivity contribution is -0.121. The van der Waals surface area contributed by atoms with Gasteiger partial charge in [-0.2, -0.15) is 0 Å². The van der Waals surface area contributed by atoms with Gasteiger partial charge in [-0.15, -0.1) is 0 Å². The molecule has 2 N–H and O–H groups in total. The van der Waals surface area contributed by atoms with Crippen LogP contribution in [0.25, 0.3) is 0 Å². The van der Waals surface area contributed by atoms with E-state index in [1.807, 2.05) is 13.8 Å². The molecule has 6 heteroatoms. The summed E-state index contributed by atoms with van der Waals surface area (Å²) in [4.78, 5) is 12.3. The lowest BCUT2D eigenvalue weighted by Crippen LogP contribution is -2.38. The lowest BCUT2D eigenvalue weighted by atomic mass is 10.0. The number of nitrogens with zero attached hydrogens (tertiary/aromatic N) is 1. The first-order valence-corrected chi connectivity index (χ1v) is 8.15. The van der Waals surface area contributed by atoms with Crippen LogP contribution < -0.4 is 5.32 Å². The number of halogens is 1. The maximum absolute atomic E-state index is 12.9. The number of hydrogen-bond donors (Lipinski definition) is 2. The zero-order chi connectivity index (χ0) is 17.7. The molecule has 1 aromatic carbocycles. The highest BCUT2D eigenvalue weighted by atomic mass is 19.1. The summed E-state index contributed by atoms with van der Waals surface area (Å²) in [5, 5.41) is 17.1. The normalized spacial score (nSPS) is 13.5. The predicted octanol–water partition coefficient (Wildman–Crippen LogP) is 2.72. The van der Waals surface area contributed by atoms with Crippen LogP contribution in [0, 0.1) is 5.82 Å². The third-order valence-electron chi connectivity index (χ3n) is 4.02. The monoisotopic (exact) mass is 334 g/mol. The molecule has 1 heterocycles. The minimum Gasteiger partial charge on any atom is -0.386 e. The average molecular weight is 334 g/mol. The van der Waals surface area contributed by atoms with E-state index in [0.717, 1.165) is 11.3 Å². The van der Waals surface area contributed by atoms with E-state index in [1.54, 1.807) is 6.92 Å². The molecule has 2 unspecified atom stereocenters. The fourth-order valence-corrected chi connectivity index (χ4v) is 2.63. The van der Waals surface area contributed by atoms with Crippen molar-refractivity contribution >= 4 is 5.91 Å². The highest BCUT2D eigenvalue weighted by Crippen LogP contribution is 2.19. The maximum atomic E-state index is 12.9. The van der Waals surface area contributed by atoms with Gasteiger partial charge >= 0.3 is 0 Å². The second-order valence-corrected chi connectivity index (χ2v) is 5.77. The molecule has 5 nitrogen and oxygen atoms in total. The van der Waals surface area contributed by atoms with Crippen LogP contribution >= 0.6 is 0 Å². The molecule has 0 spiro atoms. The van der Waals surface area contributed by atoms with E-state index in [2.05, 4.69) is 10.5 Å². The minimum absolute atomic E-state index is 0.163. The van der Waals surface area contributed by atoms with Crippen molar-refractivity contribution in [3.05, 3.63) is 52.7 Å². The van der Waals surface area contributed by atoms with Crippen molar-refractivity contribution in [3.8, 4) is 0 Å². The third-order valence-corrected chi connectivity index (χ3v) is 4.02. The Morgan fingerprint density at radius 2 is 1.96 bits per heavy atom. The van der Waals surface area contributed by atoms with Crippen molar-refractivity contribution < 1.29 is 18.8 Å². The van der Waals surface area contributed by atoms with E-state index in [9.17, 15) is 14.3 Å². The number of aryl methyl sites for hydroxylation is 2. The van der Waals surface area contributed by atoms with Crippen molar-refractivity contribution in [2.45, 2.75) is 52.2 Å². The van der Waals surface area contributed by atoms with E-state index in [1.165, 1.54) is 24.3 Å². The number of hydrogen-bond acceptors (Lipinski definition) is 4. The van der Waals surface area contributed by atoms with Crippen molar-refractivity contribution in [2.75, 3.05) is 0 Å². The number of nitrogens with one attached hydrogen (secondary N) is 1. The predicted molar refractivity (Wildman–Crippen MR) is 87.9 cm³/mol. The van der Waals surface area contributed by atoms with Crippen LogP contribution in [0.1, 0.15) is 49.5 Å². The molecule has 24 heavy (non-hydrogen) atoms. The molecule has 0 saturated carbocycles. The summed E-state index contributed by atoms with van der Waals surface area (Å²) in [5.41, 5.74) is 2.16. The maximum Gasteiger partial charge on any atom is 0.224 e. The molecular formula is C18H23FN2O3. The van der Waals surface area contributed by atoms with E-state index in [4.69, 9.17) is 4.52 Å². The second-order valence-electron chi connectivity index (χ2n) is 5.77. The Morgan fingerprint density at radius 3 is 2.54 bits per heavy atom. The zero-order valence-electron chi connectivity index (χ0n) is 14.2. The Hall–Kier alpha value is -2.21. The first-order valence-electron chi connectivity index (χ1n) is 8.15. The standard InChI is InChI=1S/C18H23FN2O3/c1-4-15-14(16(5-2)24-21-15)10-17(22)20-11(3)18(23)12-6-8-13(19)9-7-12/h6-9,11,18,23H,4-5,10H2,1-3H3,(H,20,22). The van der Waals surface area contributed by atoms with Gasteiger partial charge in [0.15, 0.2) is 0 Å². The summed E-state index contributed by atoms with van der Waals surface area (Å²) < 4.78 is 18.2. The Morgan fingerprint density at radius 1 is 1.29 bits per heavy atom. The van der Waals surface area contributed by atoms with Gasteiger partial charge in [-0.3, -0.25) is 4.79 Å². The molecule has 0 radical (unpaired) electrons. The van der Waals surface area contributed by atoms with Crippen LogP contribution in [0.4, 0.5) is 4.39 Å². The van der Waals surface area contributed by atoms with Crippen LogP contribution in [0.5, 0.6) is 0 Å². The SMILES string of the molecule is CCc1noc(CC)c1CC(=O)NC(C)C(O)c1ccc(F)cc1. The largest absolute Gasteiger partial charge is 0.386 e. The Balaban J connectivity index is 2.01. The van der Waals surface area contributed by atoms with Crippen LogP contribution in [0.3, 0.4) is 0 Å². The average Bonchev–Trinajstić information content (AvgIpc) is 2.96. The van der Waals surface area contributed by atoms with Gasteiger partial charge in [0.2, 0.25) is 5.91 Å². The molecule has 0 aliphatic carbocycles. The van der Waals surface area contributed by atoms with Gasteiger partial charge in [-0.25, -0.2) is 4.39 Å². The molecule has 2 rings (SSSR count). The fourth-order valence-electron chi connectivity index (χ4n) is 2.63. The lowest BCUT2D eigenvalue weighted by Gasteiger charge is -2.20. The number of rotatable bonds is 7. The molecule has 0 bridgehead atoms. The molecule has 2 aromatic rings. The number of aliphatic hydroxyl groups excluding tert-OH is 1. The van der Waals surface area contributed by atoms with Crippen molar-refractivity contribution in [1.29, 1.82) is 0 Å². The number of aliphatic hydroxyl groups is 1. The summed E-state index contributed by atoms with van der Waals surface area (Å²) >= 11 is 0. The van der Waals surface area contributed by atoms with E-state index >= 15 is 0 Å². The molecular weight excluding hydrogens is 311 g/mol. The number of carbonyl (C=O) groups excluding carboxylic acids is 1. The van der Waals surface area contributed by atoms with Crippen molar-refractivity contribution in [3.63, 3.8) is 0 Å². The Kier molecular flexibility index (Phi) is 6.09. The quantitative estimate of drug-likeness (QED) is 0.816. The van der Waals surface area contributed by atoms with Crippen LogP contribution in [0.15, 0.2) is 28.8 Å². The van der Waals surface area contributed by atoms with Crippen molar-refractivity contribution in [1.82, 2.24) is 10.5 Å². The van der Waals surface area contributed by atoms with E-state index in [-0.39, 0.29) is 18.1 Å². The summed E-state index contributed by atoms with van der Waals surface area (Å²) in [7, 11) is 0. The van der Waals surface area contributed by atoms with Crippen molar-refractivity contribution in [2.24, 2.45) is 0 Å². The third kappa shape index (κ3) is 4.20. The van der Waals surface area contributed by atoms with E-state index in [0.29, 0.717) is 24.2 Å². The van der Waals surface area contributed by atoms with Gasteiger partial charge in [0.1, 0.15) is 11.6 Å². The molecule has 0 aliphatic rings. The highest BCUT2D eigenvalue weighted by molar-refractivity contribution is 5.79. The molecule has 0 fully saturated rings. The smallest absolute Gasteiger partial charge is 0.224 e. The number of aromatic nitrogens is 1. The first-order chi connectivity index (χ1) is 11.5. The molecule has 0 aliphatic heterocycles. The van der Waals surface area contributed by atoms with Gasteiger partial charge in [0.25, 0.3) is 0 Å². The Bertz CT molecular complexity index is 661. The minimum atomic E-state index is -0.909. The van der Waals surface area contributed by atoms with Gasteiger partial charge in [-0.1, -0.05) is 31.1 Å². The zero-order valence-corrected chi connectivity index (χ0v) is 14.2. The number of amides is 1. The Labute approximate surface area is 140 Å². The second kappa shape index (κ2) is 8.06. The molecule has 130 valence electrons. The fraction of sp³-hybridized carbons (Fsp3) is 0.444. The molecule has 2 atom stereocenters. The van der Waals surface area contributed by atoms with Gasteiger partial charge < -0.3 is 14.9 Å². The molecule has 1 amide bonds. The summed E-state index contributed by atoms with van der Waals surface area (Å²) in [5.74, 6) is 0.138. The number of benzene rings is 1. The van der Waals surface area contributed by atoms with Crippen LogP contribution in [-0.4, -0.2) is 22.2 Å². The summed E-state index contributed by atoms with van der Waals surface area (Å²) in [6.07, 6.45) is 0.618. The highest BCUT2D eigenvalue weighted by Gasteiger charge is 2.21. The van der Waals surface area contributed by atoms with Gasteiger partial charge in [0.05, 0.1) is 24.3 Å². The van der Waals surface area contributed by atoms with E-state index < -0.39 is 12.1 Å². The van der Waals surface area contributed by atoms with Crippen LogP contribution in [-0.2, 0) is 24.1 Å². The summed E-state index contributed by atoms with van der Waals surface area (Å²) in [6, 6.07) is 5.08. The summed E-state index contributed by atoms with van der Waals surface area (Å²) in [6.45, 7) is 5.61. The topological polar surface area (TPSA) is 75.4 Å².